The molecule has 4 atom stereocenters. The molecule has 1 aliphatic carbocycles. The standard InChI is InChI=1S/C25H31N7O3/c1-3-35-25(34)17-13-28-31(14-17)19-7-6-18(12-15(19)2)29-23-22-21(9-11-27-24(22)33)32(30-23)20(8-10-26)16-4-5-16/h6-7,12-14,16,20-23,29-30H,3-5,8-9,11H2,1-2H3,(H,27,33)/t20-,21?,22?,23?/m0/s1. The van der Waals surface area contributed by atoms with Crippen LogP contribution in [0.2, 0.25) is 0 Å². The Bertz CT molecular complexity index is 1150. The van der Waals surface area contributed by atoms with Crippen molar-refractivity contribution in [2.24, 2.45) is 11.8 Å². The van der Waals surface area contributed by atoms with E-state index in [9.17, 15) is 14.9 Å². The lowest BCUT2D eigenvalue weighted by Crippen LogP contribution is -2.52. The van der Waals surface area contributed by atoms with Crippen LogP contribution in [-0.2, 0) is 9.53 Å². The number of esters is 1. The largest absolute Gasteiger partial charge is 0.462 e. The number of benzene rings is 1. The minimum absolute atomic E-state index is 0.0385. The Balaban J connectivity index is 1.34. The Kier molecular flexibility index (Phi) is 6.45. The van der Waals surface area contributed by atoms with Gasteiger partial charge >= 0.3 is 5.97 Å². The van der Waals surface area contributed by atoms with Crippen LogP contribution in [0.1, 0.15) is 48.5 Å². The Morgan fingerprint density at radius 3 is 2.91 bits per heavy atom. The molecule has 2 aromatic rings. The van der Waals surface area contributed by atoms with Gasteiger partial charge in [0.2, 0.25) is 5.91 Å². The lowest BCUT2D eigenvalue weighted by atomic mass is 9.90. The summed E-state index contributed by atoms with van der Waals surface area (Å²) >= 11 is 0. The fraction of sp³-hybridized carbons (Fsp3) is 0.520. The van der Waals surface area contributed by atoms with Crippen molar-refractivity contribution in [3.63, 3.8) is 0 Å². The van der Waals surface area contributed by atoms with Gasteiger partial charge in [-0.3, -0.25) is 4.79 Å². The number of hydrogen-bond acceptors (Lipinski definition) is 8. The minimum Gasteiger partial charge on any atom is -0.462 e. The van der Waals surface area contributed by atoms with E-state index < -0.39 is 5.97 Å². The number of hydrogen-bond donors (Lipinski definition) is 3. The molecule has 10 heteroatoms. The molecule has 1 saturated carbocycles. The van der Waals surface area contributed by atoms with Gasteiger partial charge in [0.1, 0.15) is 6.17 Å². The van der Waals surface area contributed by atoms with E-state index in [4.69, 9.17) is 4.74 Å². The van der Waals surface area contributed by atoms with Crippen molar-refractivity contribution >= 4 is 17.6 Å². The molecule has 3 heterocycles. The SMILES string of the molecule is CCOC(=O)c1cnn(-c2ccc(NC3NN([C@@H](CC#N)C4CC4)C4CCNC(=O)C34)cc2C)c1. The van der Waals surface area contributed by atoms with E-state index >= 15 is 0 Å². The number of hydrazine groups is 1. The number of fused-ring (bicyclic) bond motifs is 1. The van der Waals surface area contributed by atoms with Crippen LogP contribution in [0.15, 0.2) is 30.6 Å². The number of aryl methyl sites for hydroxylation is 1. The first-order valence-corrected chi connectivity index (χ1v) is 12.3. The number of amides is 1. The molecule has 1 aromatic carbocycles. The average molecular weight is 478 g/mol. The number of aromatic nitrogens is 2. The maximum atomic E-state index is 12.9. The highest BCUT2D eigenvalue weighted by atomic mass is 16.5. The molecular formula is C25H31N7O3. The lowest BCUT2D eigenvalue weighted by molar-refractivity contribution is -0.128. The molecule has 2 aliphatic heterocycles. The number of piperidine rings is 1. The summed E-state index contributed by atoms with van der Waals surface area (Å²) < 4.78 is 6.71. The van der Waals surface area contributed by atoms with E-state index in [-0.39, 0.29) is 30.1 Å². The van der Waals surface area contributed by atoms with Gasteiger partial charge in [0.15, 0.2) is 0 Å². The van der Waals surface area contributed by atoms with Gasteiger partial charge in [-0.1, -0.05) is 0 Å². The molecule has 0 spiro atoms. The van der Waals surface area contributed by atoms with Crippen molar-refractivity contribution in [2.45, 2.75) is 57.8 Å². The highest BCUT2D eigenvalue weighted by molar-refractivity contribution is 5.88. The molecule has 2 saturated heterocycles. The third-order valence-corrected chi connectivity index (χ3v) is 7.14. The summed E-state index contributed by atoms with van der Waals surface area (Å²) in [5.41, 5.74) is 6.65. The highest BCUT2D eigenvalue weighted by Gasteiger charge is 2.51. The third kappa shape index (κ3) is 4.61. The number of anilines is 1. The summed E-state index contributed by atoms with van der Waals surface area (Å²) in [5, 5.41) is 22.4. The molecule has 184 valence electrons. The molecule has 1 aromatic heterocycles. The van der Waals surface area contributed by atoms with Gasteiger partial charge in [0.25, 0.3) is 0 Å². The zero-order valence-electron chi connectivity index (χ0n) is 20.0. The molecule has 1 amide bonds. The molecule has 5 rings (SSSR count). The second-order valence-electron chi connectivity index (χ2n) is 9.49. The molecule has 3 aliphatic rings. The summed E-state index contributed by atoms with van der Waals surface area (Å²) in [7, 11) is 0. The number of nitrogens with one attached hydrogen (secondary N) is 3. The summed E-state index contributed by atoms with van der Waals surface area (Å²) in [4.78, 5) is 24.8. The lowest BCUT2D eigenvalue weighted by Gasteiger charge is -2.34. The molecule has 3 unspecified atom stereocenters. The molecule has 10 nitrogen and oxygen atoms in total. The van der Waals surface area contributed by atoms with Crippen molar-refractivity contribution in [1.29, 1.82) is 5.26 Å². The zero-order chi connectivity index (χ0) is 24.5. The van der Waals surface area contributed by atoms with E-state index in [1.165, 1.54) is 6.20 Å². The Morgan fingerprint density at radius 2 is 2.20 bits per heavy atom. The second kappa shape index (κ2) is 9.68. The van der Waals surface area contributed by atoms with Crippen molar-refractivity contribution in [1.82, 2.24) is 25.5 Å². The fourth-order valence-corrected chi connectivity index (χ4v) is 5.32. The molecule has 0 bridgehead atoms. The summed E-state index contributed by atoms with van der Waals surface area (Å²) in [6.45, 7) is 4.71. The van der Waals surface area contributed by atoms with Crippen LogP contribution in [0.5, 0.6) is 0 Å². The second-order valence-corrected chi connectivity index (χ2v) is 9.49. The molecule has 3 fully saturated rings. The minimum atomic E-state index is -0.396. The summed E-state index contributed by atoms with van der Waals surface area (Å²) in [6.07, 6.45) is 6.48. The van der Waals surface area contributed by atoms with Crippen LogP contribution in [0.25, 0.3) is 5.69 Å². The van der Waals surface area contributed by atoms with E-state index in [2.05, 4.69) is 32.2 Å². The first-order chi connectivity index (χ1) is 17.0. The van der Waals surface area contributed by atoms with Crippen LogP contribution in [0, 0.1) is 30.1 Å². The predicted octanol–water partition coefficient (Wildman–Crippen LogP) is 2.11. The Morgan fingerprint density at radius 1 is 1.37 bits per heavy atom. The molecule has 0 radical (unpaired) electrons. The number of nitriles is 1. The quantitative estimate of drug-likeness (QED) is 0.494. The van der Waals surface area contributed by atoms with E-state index in [0.29, 0.717) is 31.1 Å². The topological polar surface area (TPSA) is 124 Å². The van der Waals surface area contributed by atoms with Gasteiger partial charge in [-0.05, 0) is 62.8 Å². The fourth-order valence-electron chi connectivity index (χ4n) is 5.32. The Hall–Kier alpha value is -3.42. The van der Waals surface area contributed by atoms with Crippen molar-refractivity contribution in [3.8, 4) is 11.8 Å². The predicted molar refractivity (Wildman–Crippen MR) is 128 cm³/mol. The van der Waals surface area contributed by atoms with Crippen LogP contribution in [0.3, 0.4) is 0 Å². The van der Waals surface area contributed by atoms with Crippen molar-refractivity contribution < 1.29 is 14.3 Å². The molecule has 35 heavy (non-hydrogen) atoms. The van der Waals surface area contributed by atoms with Gasteiger partial charge in [-0.2, -0.15) is 10.4 Å². The van der Waals surface area contributed by atoms with E-state index in [0.717, 1.165) is 36.2 Å². The van der Waals surface area contributed by atoms with Crippen molar-refractivity contribution in [2.75, 3.05) is 18.5 Å². The van der Waals surface area contributed by atoms with Gasteiger partial charge in [-0.15, -0.1) is 0 Å². The number of ether oxygens (including phenoxy) is 1. The summed E-state index contributed by atoms with van der Waals surface area (Å²) in [6, 6.07) is 8.42. The normalized spacial score (nSPS) is 24.8. The molecule has 3 N–H and O–H groups in total. The Labute approximate surface area is 204 Å². The van der Waals surface area contributed by atoms with Crippen LogP contribution in [-0.4, -0.2) is 58.1 Å². The van der Waals surface area contributed by atoms with Crippen LogP contribution >= 0.6 is 0 Å². The number of nitrogens with zero attached hydrogens (tertiary/aromatic N) is 4. The highest BCUT2D eigenvalue weighted by Crippen LogP contribution is 2.41. The number of rotatable bonds is 8. The maximum absolute atomic E-state index is 12.9. The van der Waals surface area contributed by atoms with Crippen molar-refractivity contribution in [3.05, 3.63) is 41.7 Å². The third-order valence-electron chi connectivity index (χ3n) is 7.14. The first kappa shape index (κ1) is 23.3. The maximum Gasteiger partial charge on any atom is 0.341 e. The monoisotopic (exact) mass is 477 g/mol. The van der Waals surface area contributed by atoms with Gasteiger partial charge in [-0.25, -0.2) is 19.9 Å². The van der Waals surface area contributed by atoms with Gasteiger partial charge < -0.3 is 15.4 Å². The van der Waals surface area contributed by atoms with E-state index in [1.807, 2.05) is 25.1 Å². The molecular weight excluding hydrogens is 446 g/mol. The smallest absolute Gasteiger partial charge is 0.341 e. The van der Waals surface area contributed by atoms with Crippen LogP contribution < -0.4 is 16.1 Å². The van der Waals surface area contributed by atoms with Gasteiger partial charge in [0, 0.05) is 30.5 Å². The summed E-state index contributed by atoms with van der Waals surface area (Å²) in [5.74, 6) is -0.0899. The average Bonchev–Trinajstić information content (AvgIpc) is 3.44. The van der Waals surface area contributed by atoms with Gasteiger partial charge in [0.05, 0.1) is 42.5 Å². The number of carbonyl (C=O) groups is 2. The van der Waals surface area contributed by atoms with E-state index in [1.54, 1.807) is 17.8 Å². The van der Waals surface area contributed by atoms with Crippen LogP contribution in [0.4, 0.5) is 5.69 Å². The zero-order valence-corrected chi connectivity index (χ0v) is 20.0. The number of carbonyl (C=O) groups excluding carboxylic acids is 2. The first-order valence-electron chi connectivity index (χ1n) is 12.3.